The van der Waals surface area contributed by atoms with Crippen LogP contribution in [0.3, 0.4) is 0 Å². The summed E-state index contributed by atoms with van der Waals surface area (Å²) in [5.41, 5.74) is 0. The number of rotatable bonds is 2. The molecule has 7 heteroatoms. The monoisotopic (exact) mass is 308 g/mol. The molecule has 3 rings (SSSR count). The minimum absolute atomic E-state index is 0.146. The number of hydrogen-bond acceptors (Lipinski definition) is 7. The van der Waals surface area contributed by atoms with E-state index < -0.39 is 11.9 Å². The van der Waals surface area contributed by atoms with Gasteiger partial charge in [0.05, 0.1) is 26.1 Å². The molecule has 1 heterocycles. The summed E-state index contributed by atoms with van der Waals surface area (Å²) in [7, 11) is 2.45. The molecule has 4 atom stereocenters. The highest BCUT2D eigenvalue weighted by molar-refractivity contribution is 5.98. The average molecular weight is 308 g/mol. The zero-order valence-corrected chi connectivity index (χ0v) is 12.2. The molecule has 118 valence electrons. The summed E-state index contributed by atoms with van der Waals surface area (Å²) in [4.78, 5) is 43.0. The third-order valence-corrected chi connectivity index (χ3v) is 3.96. The first-order valence-corrected chi connectivity index (χ1v) is 6.75. The first-order chi connectivity index (χ1) is 10.5. The van der Waals surface area contributed by atoms with E-state index in [9.17, 15) is 19.2 Å². The number of carbonyl (C=O) groups is 4. The van der Waals surface area contributed by atoms with Crippen LogP contribution in [0.4, 0.5) is 0 Å². The molecule has 0 amide bonds. The number of ether oxygens (including phenoxy) is 3. The second-order valence-electron chi connectivity index (χ2n) is 5.12. The largest absolute Gasteiger partial charge is 0.466 e. The summed E-state index contributed by atoms with van der Waals surface area (Å²) in [5.74, 6) is -1.50. The van der Waals surface area contributed by atoms with E-state index in [-0.39, 0.29) is 35.6 Å². The summed E-state index contributed by atoms with van der Waals surface area (Å²) in [5, 5.41) is 0. The van der Waals surface area contributed by atoms with Crippen LogP contribution in [-0.2, 0) is 33.4 Å². The minimum Gasteiger partial charge on any atom is -0.466 e. The van der Waals surface area contributed by atoms with Gasteiger partial charge in [0.2, 0.25) is 0 Å². The Bertz CT molecular complexity index is 514. The number of hydrogen-bond donors (Lipinski definition) is 0. The van der Waals surface area contributed by atoms with Crippen molar-refractivity contribution in [3.05, 3.63) is 24.3 Å². The molecular formula is C15H16O7. The van der Waals surface area contributed by atoms with Gasteiger partial charge in [-0.1, -0.05) is 12.2 Å². The Hall–Kier alpha value is -2.44. The van der Waals surface area contributed by atoms with Gasteiger partial charge in [0, 0.05) is 12.2 Å². The zero-order chi connectivity index (χ0) is 16.3. The Balaban J connectivity index is 0.000000165. The molecule has 0 radical (unpaired) electrons. The van der Waals surface area contributed by atoms with Gasteiger partial charge in [-0.2, -0.15) is 0 Å². The second kappa shape index (κ2) is 6.55. The second-order valence-corrected chi connectivity index (χ2v) is 5.12. The van der Waals surface area contributed by atoms with Gasteiger partial charge in [0.1, 0.15) is 0 Å². The molecule has 0 aromatic rings. The van der Waals surface area contributed by atoms with Gasteiger partial charge in [0.15, 0.2) is 0 Å². The Morgan fingerprint density at radius 1 is 1.00 bits per heavy atom. The molecule has 1 saturated heterocycles. The van der Waals surface area contributed by atoms with Crippen molar-refractivity contribution in [2.45, 2.75) is 6.42 Å². The topological polar surface area (TPSA) is 96.0 Å². The first kappa shape index (κ1) is 15.9. The summed E-state index contributed by atoms with van der Waals surface area (Å²) in [6, 6.07) is 0. The van der Waals surface area contributed by atoms with E-state index in [4.69, 9.17) is 0 Å². The van der Waals surface area contributed by atoms with Crippen LogP contribution in [0.1, 0.15) is 6.42 Å². The molecule has 1 saturated carbocycles. The summed E-state index contributed by atoms with van der Waals surface area (Å²) >= 11 is 0. The third-order valence-electron chi connectivity index (χ3n) is 3.96. The highest BCUT2D eigenvalue weighted by atomic mass is 16.6. The van der Waals surface area contributed by atoms with Crippen LogP contribution in [0.2, 0.25) is 0 Å². The maximum Gasteiger partial charge on any atom is 0.330 e. The molecule has 22 heavy (non-hydrogen) atoms. The van der Waals surface area contributed by atoms with Crippen molar-refractivity contribution in [3.8, 4) is 0 Å². The number of fused-ring (bicyclic) bond motifs is 5. The van der Waals surface area contributed by atoms with E-state index in [1.165, 1.54) is 14.2 Å². The van der Waals surface area contributed by atoms with Gasteiger partial charge in [-0.05, 0) is 18.3 Å². The van der Waals surface area contributed by atoms with Gasteiger partial charge in [-0.25, -0.2) is 9.59 Å². The van der Waals surface area contributed by atoms with Gasteiger partial charge in [-0.3, -0.25) is 9.59 Å². The van der Waals surface area contributed by atoms with Crippen molar-refractivity contribution in [1.29, 1.82) is 0 Å². The van der Waals surface area contributed by atoms with Gasteiger partial charge in [-0.15, -0.1) is 0 Å². The Labute approximate surface area is 126 Å². The number of carbonyl (C=O) groups excluding carboxylic acids is 4. The molecule has 7 nitrogen and oxygen atoms in total. The van der Waals surface area contributed by atoms with Crippen LogP contribution >= 0.6 is 0 Å². The van der Waals surface area contributed by atoms with Crippen LogP contribution < -0.4 is 0 Å². The lowest BCUT2D eigenvalue weighted by molar-refractivity contribution is -0.154. The smallest absolute Gasteiger partial charge is 0.330 e. The van der Waals surface area contributed by atoms with Gasteiger partial charge < -0.3 is 14.2 Å². The lowest BCUT2D eigenvalue weighted by Crippen LogP contribution is -2.21. The fourth-order valence-electron chi connectivity index (χ4n) is 2.97. The predicted octanol–water partition coefficient (Wildman–Crippen LogP) is 0.397. The van der Waals surface area contributed by atoms with E-state index >= 15 is 0 Å². The third kappa shape index (κ3) is 3.08. The molecule has 0 aromatic heterocycles. The number of allylic oxidation sites excluding steroid dienone is 2. The van der Waals surface area contributed by atoms with Crippen LogP contribution in [-0.4, -0.2) is 38.1 Å². The Morgan fingerprint density at radius 2 is 1.41 bits per heavy atom. The molecule has 1 aliphatic heterocycles. The van der Waals surface area contributed by atoms with E-state index in [1.54, 1.807) is 0 Å². The number of methoxy groups -OCH3 is 2. The fraction of sp³-hybridized carbons (Fsp3) is 0.467. The minimum atomic E-state index is -0.578. The summed E-state index contributed by atoms with van der Waals surface area (Å²) in [6.45, 7) is 0. The van der Waals surface area contributed by atoms with Crippen LogP contribution in [0.15, 0.2) is 24.3 Å². The number of cyclic esters (lactones) is 2. The maximum atomic E-state index is 11.2. The van der Waals surface area contributed by atoms with Crippen molar-refractivity contribution in [1.82, 2.24) is 0 Å². The van der Waals surface area contributed by atoms with Crippen molar-refractivity contribution in [3.63, 3.8) is 0 Å². The molecule has 0 spiro atoms. The zero-order valence-electron chi connectivity index (χ0n) is 12.2. The van der Waals surface area contributed by atoms with E-state index in [0.29, 0.717) is 0 Å². The molecule has 3 aliphatic rings. The summed E-state index contributed by atoms with van der Waals surface area (Å²) in [6.07, 6.45) is 7.05. The molecule has 2 fully saturated rings. The molecule has 2 aliphatic carbocycles. The molecule has 2 bridgehead atoms. The molecular weight excluding hydrogens is 292 g/mol. The van der Waals surface area contributed by atoms with Crippen molar-refractivity contribution in [2.24, 2.45) is 23.7 Å². The SMILES string of the molecule is COC(=O)/C=C\C(=O)OC.O=C1OC(=O)C2C3C=CC(C3)C12. The molecule has 4 unspecified atom stereocenters. The Kier molecular flexibility index (Phi) is 4.75. The van der Waals surface area contributed by atoms with Gasteiger partial charge in [0.25, 0.3) is 0 Å². The van der Waals surface area contributed by atoms with E-state index in [2.05, 4.69) is 14.2 Å². The normalized spacial score (nSPS) is 30.6. The van der Waals surface area contributed by atoms with Gasteiger partial charge >= 0.3 is 23.9 Å². The highest BCUT2D eigenvalue weighted by Gasteiger charge is 2.57. The quantitative estimate of drug-likeness (QED) is 0.239. The molecule has 0 N–H and O–H groups in total. The lowest BCUT2D eigenvalue weighted by atomic mass is 9.85. The first-order valence-electron chi connectivity index (χ1n) is 6.75. The van der Waals surface area contributed by atoms with Crippen molar-refractivity contribution in [2.75, 3.05) is 14.2 Å². The lowest BCUT2D eigenvalue weighted by Gasteiger charge is -2.12. The predicted molar refractivity (Wildman–Crippen MR) is 72.0 cm³/mol. The Morgan fingerprint density at radius 3 is 1.77 bits per heavy atom. The van der Waals surface area contributed by atoms with Crippen LogP contribution in [0, 0.1) is 23.7 Å². The standard InChI is InChI=1S/C9H8O3.C6H8O4/c10-8-6-4-1-2-5(3-4)7(6)9(11)12-8;1-9-5(7)3-4-6(8)10-2/h1-2,4-7H,3H2;3-4H,1-2H3/b;4-3-. The fourth-order valence-corrected chi connectivity index (χ4v) is 2.97. The highest BCUT2D eigenvalue weighted by Crippen LogP contribution is 2.51. The van der Waals surface area contributed by atoms with E-state index in [0.717, 1.165) is 18.6 Å². The summed E-state index contributed by atoms with van der Waals surface area (Å²) < 4.78 is 13.0. The van der Waals surface area contributed by atoms with Crippen LogP contribution in [0.25, 0.3) is 0 Å². The van der Waals surface area contributed by atoms with Crippen molar-refractivity contribution >= 4 is 23.9 Å². The van der Waals surface area contributed by atoms with Crippen LogP contribution in [0.5, 0.6) is 0 Å². The average Bonchev–Trinajstić information content (AvgIpc) is 3.19. The van der Waals surface area contributed by atoms with Crippen molar-refractivity contribution < 1.29 is 33.4 Å². The molecule has 0 aromatic carbocycles. The number of esters is 4. The maximum absolute atomic E-state index is 11.2. The van der Waals surface area contributed by atoms with E-state index in [1.807, 2.05) is 12.2 Å².